The number of hydrogen-bond donors (Lipinski definition) is 0. The van der Waals surface area contributed by atoms with Gasteiger partial charge >= 0.3 is 0 Å². The molecular weight excluding hydrogens is 408 g/mol. The van der Waals surface area contributed by atoms with E-state index in [0.717, 1.165) is 11.3 Å². The lowest BCUT2D eigenvalue weighted by atomic mass is 10.2. The Morgan fingerprint density at radius 1 is 0.967 bits per heavy atom. The van der Waals surface area contributed by atoms with Crippen molar-refractivity contribution in [1.29, 1.82) is 0 Å². The number of thioether (sulfide) groups is 1. The van der Waals surface area contributed by atoms with Crippen LogP contribution in [0.5, 0.6) is 17.2 Å². The summed E-state index contributed by atoms with van der Waals surface area (Å²) in [7, 11) is 4.80. The van der Waals surface area contributed by atoms with Crippen LogP contribution >= 0.6 is 11.8 Å². The highest BCUT2D eigenvalue weighted by Gasteiger charge is 2.16. The largest absolute Gasteiger partial charge is 0.497 e. The molecule has 0 N–H and O–H groups in total. The van der Waals surface area contributed by atoms with Crippen LogP contribution < -0.4 is 14.2 Å². The number of aromatic nitrogens is 6. The summed E-state index contributed by atoms with van der Waals surface area (Å²) in [5.74, 6) is 3.42. The van der Waals surface area contributed by atoms with Crippen molar-refractivity contribution in [2.75, 3.05) is 21.3 Å². The van der Waals surface area contributed by atoms with Crippen LogP contribution in [-0.2, 0) is 5.75 Å². The Labute approximate surface area is 176 Å². The first-order chi connectivity index (χ1) is 14.7. The molecule has 2 heterocycles. The summed E-state index contributed by atoms with van der Waals surface area (Å²) >= 11 is 1.37. The van der Waals surface area contributed by atoms with Gasteiger partial charge in [0.05, 0.1) is 27.1 Å². The zero-order valence-electron chi connectivity index (χ0n) is 16.5. The van der Waals surface area contributed by atoms with Gasteiger partial charge in [-0.1, -0.05) is 16.9 Å². The van der Waals surface area contributed by atoms with Gasteiger partial charge in [0.2, 0.25) is 5.16 Å². The van der Waals surface area contributed by atoms with Crippen LogP contribution in [-0.4, -0.2) is 51.7 Å². The van der Waals surface area contributed by atoms with Crippen molar-refractivity contribution < 1.29 is 18.7 Å². The highest BCUT2D eigenvalue weighted by Crippen LogP contribution is 2.30. The van der Waals surface area contributed by atoms with Crippen molar-refractivity contribution in [3.63, 3.8) is 0 Å². The van der Waals surface area contributed by atoms with E-state index in [1.165, 1.54) is 11.8 Å². The first-order valence-corrected chi connectivity index (χ1v) is 9.81. The maximum atomic E-state index is 5.43. The number of benzene rings is 2. The Bertz CT molecular complexity index is 1130. The normalized spacial score (nSPS) is 10.8. The third-order valence-corrected chi connectivity index (χ3v) is 5.11. The molecule has 4 rings (SSSR count). The van der Waals surface area contributed by atoms with E-state index in [9.17, 15) is 0 Å². The number of nitrogens with zero attached hydrogens (tertiary/aromatic N) is 6. The molecule has 0 atom stereocenters. The topological polar surface area (TPSA) is 110 Å². The molecule has 154 valence electrons. The fourth-order valence-corrected chi connectivity index (χ4v) is 3.40. The zero-order chi connectivity index (χ0) is 20.9. The zero-order valence-corrected chi connectivity index (χ0v) is 17.3. The molecule has 0 aliphatic heterocycles. The highest BCUT2D eigenvalue weighted by atomic mass is 32.2. The minimum absolute atomic E-state index is 0.423. The van der Waals surface area contributed by atoms with Gasteiger partial charge in [0, 0.05) is 11.6 Å². The summed E-state index contributed by atoms with van der Waals surface area (Å²) in [6.45, 7) is 0. The Kier molecular flexibility index (Phi) is 5.80. The van der Waals surface area contributed by atoms with Crippen molar-refractivity contribution in [3.8, 4) is 34.4 Å². The van der Waals surface area contributed by atoms with Crippen molar-refractivity contribution in [3.05, 3.63) is 48.3 Å². The predicted molar refractivity (Wildman–Crippen MR) is 108 cm³/mol. The van der Waals surface area contributed by atoms with Crippen molar-refractivity contribution in [2.45, 2.75) is 10.9 Å². The van der Waals surface area contributed by atoms with E-state index in [1.54, 1.807) is 44.2 Å². The minimum Gasteiger partial charge on any atom is -0.497 e. The van der Waals surface area contributed by atoms with E-state index in [-0.39, 0.29) is 0 Å². The van der Waals surface area contributed by atoms with Crippen LogP contribution in [0.4, 0.5) is 0 Å². The molecule has 0 bridgehead atoms. The van der Waals surface area contributed by atoms with Gasteiger partial charge in [0.25, 0.3) is 5.89 Å². The Morgan fingerprint density at radius 2 is 1.73 bits per heavy atom. The summed E-state index contributed by atoms with van der Waals surface area (Å²) < 4.78 is 22.8. The number of tetrazole rings is 1. The lowest BCUT2D eigenvalue weighted by Gasteiger charge is -2.10. The van der Waals surface area contributed by atoms with Gasteiger partial charge in [0.15, 0.2) is 5.82 Å². The summed E-state index contributed by atoms with van der Waals surface area (Å²) in [4.78, 5) is 4.44. The molecular formula is C19H18N6O4S. The van der Waals surface area contributed by atoms with E-state index in [2.05, 4.69) is 25.7 Å². The van der Waals surface area contributed by atoms with Gasteiger partial charge in [0.1, 0.15) is 22.9 Å². The summed E-state index contributed by atoms with van der Waals surface area (Å²) in [5.41, 5.74) is 1.47. The minimum atomic E-state index is 0.423. The smallest absolute Gasteiger partial charge is 0.257 e. The van der Waals surface area contributed by atoms with Crippen molar-refractivity contribution >= 4 is 11.8 Å². The molecule has 2 aromatic carbocycles. The summed E-state index contributed by atoms with van der Waals surface area (Å²) in [5, 5.41) is 16.5. The van der Waals surface area contributed by atoms with Crippen LogP contribution in [0.1, 0.15) is 5.82 Å². The molecule has 10 nitrogen and oxygen atoms in total. The lowest BCUT2D eigenvalue weighted by molar-refractivity contribution is 0.399. The third-order valence-electron chi connectivity index (χ3n) is 4.19. The van der Waals surface area contributed by atoms with E-state index in [1.807, 2.05) is 24.3 Å². The monoisotopic (exact) mass is 426 g/mol. The average Bonchev–Trinajstić information content (AvgIpc) is 3.46. The summed E-state index contributed by atoms with van der Waals surface area (Å²) in [6.07, 6.45) is 0. The molecule has 0 fully saturated rings. The first-order valence-electron chi connectivity index (χ1n) is 8.82. The molecule has 2 aromatic heterocycles. The average molecular weight is 426 g/mol. The van der Waals surface area contributed by atoms with E-state index >= 15 is 0 Å². The lowest BCUT2D eigenvalue weighted by Crippen LogP contribution is -2.03. The quantitative estimate of drug-likeness (QED) is 0.390. The molecule has 0 aliphatic rings. The molecule has 0 radical (unpaired) electrons. The predicted octanol–water partition coefficient (Wildman–Crippen LogP) is 3.03. The second-order valence-corrected chi connectivity index (χ2v) is 6.89. The Balaban J connectivity index is 1.51. The van der Waals surface area contributed by atoms with E-state index in [0.29, 0.717) is 39.8 Å². The van der Waals surface area contributed by atoms with E-state index in [4.69, 9.17) is 18.7 Å². The van der Waals surface area contributed by atoms with Gasteiger partial charge in [-0.25, -0.2) is 0 Å². The van der Waals surface area contributed by atoms with Crippen molar-refractivity contribution in [2.24, 2.45) is 0 Å². The highest BCUT2D eigenvalue weighted by molar-refractivity contribution is 7.98. The third kappa shape index (κ3) is 4.06. The standard InChI is InChI=1S/C19H18N6O4S/c1-26-13-6-4-12(5-7-13)18-20-17(22-29-18)11-30-19-21-23-24-25(19)15-10-14(27-2)8-9-16(15)28-3/h4-10H,11H2,1-3H3. The second-order valence-electron chi connectivity index (χ2n) is 5.94. The Hall–Kier alpha value is -3.60. The molecule has 0 saturated carbocycles. The summed E-state index contributed by atoms with van der Waals surface area (Å²) in [6, 6.07) is 12.8. The molecule has 0 amide bonds. The molecule has 0 unspecified atom stereocenters. The number of ether oxygens (including phenoxy) is 3. The van der Waals surface area contributed by atoms with Gasteiger partial charge in [-0.05, 0) is 46.8 Å². The fourth-order valence-electron chi connectivity index (χ4n) is 2.67. The van der Waals surface area contributed by atoms with Gasteiger partial charge in [-0.2, -0.15) is 9.67 Å². The molecule has 4 aromatic rings. The molecule has 0 saturated heterocycles. The van der Waals surface area contributed by atoms with Gasteiger partial charge < -0.3 is 18.7 Å². The first kappa shape index (κ1) is 19.7. The van der Waals surface area contributed by atoms with Crippen LogP contribution in [0, 0.1) is 0 Å². The van der Waals surface area contributed by atoms with Gasteiger partial charge in [-0.15, -0.1) is 5.10 Å². The van der Waals surface area contributed by atoms with Crippen LogP contribution in [0.25, 0.3) is 17.1 Å². The fraction of sp³-hybridized carbons (Fsp3) is 0.211. The number of hydrogen-bond acceptors (Lipinski definition) is 10. The molecule has 30 heavy (non-hydrogen) atoms. The SMILES string of the molecule is COc1ccc(-c2nc(CSc3nnnn3-c3cc(OC)ccc3OC)no2)cc1. The number of rotatable bonds is 8. The van der Waals surface area contributed by atoms with E-state index < -0.39 is 0 Å². The number of methoxy groups -OCH3 is 3. The maximum absolute atomic E-state index is 5.43. The molecule has 11 heteroatoms. The van der Waals surface area contributed by atoms with Gasteiger partial charge in [-0.3, -0.25) is 0 Å². The maximum Gasteiger partial charge on any atom is 0.257 e. The van der Waals surface area contributed by atoms with Crippen LogP contribution in [0.3, 0.4) is 0 Å². The van der Waals surface area contributed by atoms with Crippen LogP contribution in [0.2, 0.25) is 0 Å². The van der Waals surface area contributed by atoms with Crippen molar-refractivity contribution in [1.82, 2.24) is 30.3 Å². The molecule has 0 aliphatic carbocycles. The van der Waals surface area contributed by atoms with Crippen LogP contribution in [0.15, 0.2) is 52.1 Å². The second kappa shape index (κ2) is 8.82. The Morgan fingerprint density at radius 3 is 2.47 bits per heavy atom. The molecule has 0 spiro atoms.